The Morgan fingerprint density at radius 2 is 2.41 bits per heavy atom. The van der Waals surface area contributed by atoms with Gasteiger partial charge in [-0.1, -0.05) is 22.8 Å². The number of terminal acetylenes is 1. The van der Waals surface area contributed by atoms with Gasteiger partial charge in [0.25, 0.3) is 11.8 Å². The number of tetrazole rings is 1. The monoisotopic (exact) mass is 491 g/mol. The van der Waals surface area contributed by atoms with Crippen molar-refractivity contribution in [2.45, 2.75) is 23.1 Å². The first-order valence-corrected chi connectivity index (χ1v) is 12.0. The van der Waals surface area contributed by atoms with E-state index < -0.39 is 11.9 Å². The van der Waals surface area contributed by atoms with E-state index in [2.05, 4.69) is 36.9 Å². The normalized spacial score (nSPS) is 20.1. The smallest absolute Gasteiger partial charge is 0.276 e. The second-order valence-electron chi connectivity index (χ2n) is 6.49. The molecule has 2 aliphatic rings. The molecule has 1 saturated heterocycles. The van der Waals surface area contributed by atoms with E-state index in [4.69, 9.17) is 17.0 Å². The number of carbonyl (C=O) groups excluding carboxylic acids is 2. The topological polar surface area (TPSA) is 154 Å². The van der Waals surface area contributed by atoms with Crippen LogP contribution in [0.25, 0.3) is 0 Å². The third-order valence-electron chi connectivity index (χ3n) is 4.42. The van der Waals surface area contributed by atoms with Crippen LogP contribution in [0.15, 0.2) is 27.5 Å². The minimum atomic E-state index is -0.668. The van der Waals surface area contributed by atoms with E-state index in [1.165, 1.54) is 30.2 Å². The first kappa shape index (κ1) is 22.1. The molecule has 2 aromatic heterocycles. The van der Waals surface area contributed by atoms with Crippen molar-refractivity contribution in [2.75, 3.05) is 24.3 Å². The molecular weight excluding hydrogens is 474 g/mol. The predicted octanol–water partition coefficient (Wildman–Crippen LogP) is -0.228. The summed E-state index contributed by atoms with van der Waals surface area (Å²) in [6.45, 7) is 0.291. The Morgan fingerprint density at radius 3 is 3.12 bits per heavy atom. The first-order valence-electron chi connectivity index (χ1n) is 9.11. The van der Waals surface area contributed by atoms with Gasteiger partial charge in [0.1, 0.15) is 30.8 Å². The number of aromatic nitrogens is 5. The lowest BCUT2D eigenvalue weighted by atomic mass is 10.1. The fraction of sp³-hybridized carbons (Fsp3) is 0.353. The molecule has 166 valence electrons. The third-order valence-corrected chi connectivity index (χ3v) is 7.53. The number of amides is 2. The number of nitrogens with two attached hydrogens (primary N) is 1. The van der Waals surface area contributed by atoms with E-state index in [0.29, 0.717) is 28.3 Å². The second kappa shape index (κ2) is 9.59. The van der Waals surface area contributed by atoms with Crippen molar-refractivity contribution in [1.82, 2.24) is 35.4 Å². The summed E-state index contributed by atoms with van der Waals surface area (Å²) in [6.07, 6.45) is 7.13. The van der Waals surface area contributed by atoms with Crippen molar-refractivity contribution in [1.29, 1.82) is 0 Å². The maximum Gasteiger partial charge on any atom is 0.276 e. The molecule has 1 unspecified atom stereocenters. The van der Waals surface area contributed by atoms with Crippen molar-refractivity contribution in [3.63, 3.8) is 0 Å². The Hall–Kier alpha value is -3.09. The molecule has 0 spiro atoms. The van der Waals surface area contributed by atoms with Gasteiger partial charge in [-0.2, -0.15) is 0 Å². The number of nitrogens with one attached hydrogen (secondary N) is 1. The van der Waals surface area contributed by atoms with E-state index in [-0.39, 0.29) is 22.7 Å². The van der Waals surface area contributed by atoms with Gasteiger partial charge in [-0.3, -0.25) is 9.59 Å². The van der Waals surface area contributed by atoms with Crippen molar-refractivity contribution >= 4 is 57.5 Å². The summed E-state index contributed by atoms with van der Waals surface area (Å²) in [7, 11) is 1.33. The van der Waals surface area contributed by atoms with E-state index in [1.807, 2.05) is 6.20 Å². The van der Waals surface area contributed by atoms with E-state index in [0.717, 1.165) is 5.57 Å². The molecule has 0 aliphatic carbocycles. The summed E-state index contributed by atoms with van der Waals surface area (Å²) in [5.74, 6) is 3.05. The molecule has 2 amide bonds. The molecule has 32 heavy (non-hydrogen) atoms. The highest BCUT2D eigenvalue weighted by Gasteiger charge is 2.49. The van der Waals surface area contributed by atoms with Gasteiger partial charge in [0.15, 0.2) is 10.8 Å². The van der Waals surface area contributed by atoms with Gasteiger partial charge in [0.2, 0.25) is 5.16 Å². The van der Waals surface area contributed by atoms with Crippen LogP contribution in [0.5, 0.6) is 0 Å². The summed E-state index contributed by atoms with van der Waals surface area (Å²) >= 11 is 4.19. The molecule has 2 atom stereocenters. The number of fused-ring (bicyclic) bond motifs is 1. The standard InChI is InChI=1S/C17H17N9O3S3/c1-3-4-26-17(21-23-24-26)32-7-9-5-25-14(28)12(15(25)30-6-9)20-13(27)11(22-29-2)10-8-31-16(18)19-10/h1,5,8,12,15H,4,6-7H2,2H3,(H2,18,19)(H,20,27)/t12?,15-/m1/s1. The summed E-state index contributed by atoms with van der Waals surface area (Å²) in [5, 5.41) is 20.2. The van der Waals surface area contributed by atoms with E-state index >= 15 is 0 Å². The lowest BCUT2D eigenvalue weighted by Crippen LogP contribution is -2.69. The van der Waals surface area contributed by atoms with Crippen LogP contribution >= 0.6 is 34.9 Å². The molecule has 4 rings (SSSR count). The van der Waals surface area contributed by atoms with E-state index in [1.54, 1.807) is 26.7 Å². The molecule has 0 saturated carbocycles. The third kappa shape index (κ3) is 4.42. The number of carbonyl (C=O) groups is 2. The molecule has 3 N–H and O–H groups in total. The van der Waals surface area contributed by atoms with Crippen LogP contribution in [0.3, 0.4) is 0 Å². The maximum atomic E-state index is 12.7. The molecule has 0 aromatic carbocycles. The molecule has 15 heteroatoms. The Morgan fingerprint density at radius 1 is 1.56 bits per heavy atom. The zero-order valence-electron chi connectivity index (χ0n) is 16.7. The summed E-state index contributed by atoms with van der Waals surface area (Å²) in [4.78, 5) is 35.8. The van der Waals surface area contributed by atoms with Gasteiger partial charge < -0.3 is 20.8 Å². The van der Waals surface area contributed by atoms with Crippen LogP contribution in [0.2, 0.25) is 0 Å². The zero-order chi connectivity index (χ0) is 22.7. The summed E-state index contributed by atoms with van der Waals surface area (Å²) in [5.41, 5.74) is 6.94. The molecule has 4 heterocycles. The Balaban J connectivity index is 1.37. The zero-order valence-corrected chi connectivity index (χ0v) is 19.1. The minimum Gasteiger partial charge on any atom is -0.398 e. The largest absolute Gasteiger partial charge is 0.398 e. The lowest BCUT2D eigenvalue weighted by Gasteiger charge is -2.47. The van der Waals surface area contributed by atoms with Crippen LogP contribution in [-0.2, 0) is 21.0 Å². The number of thiazole rings is 1. The number of oxime groups is 1. The average molecular weight is 492 g/mol. The molecule has 12 nitrogen and oxygen atoms in total. The SMILES string of the molecule is C#CCn1nnnc1SCC1=CN2C(=O)C(NC(=O)C(=NOC)c3csc(N)n3)[C@H]2SC1. The molecule has 0 bridgehead atoms. The number of hydrogen-bond donors (Lipinski definition) is 2. The fourth-order valence-corrected chi connectivity index (χ4v) is 5.76. The highest BCUT2D eigenvalue weighted by Crippen LogP contribution is 2.37. The Labute approximate surface area is 195 Å². The Kier molecular flexibility index (Phi) is 6.63. The first-order chi connectivity index (χ1) is 15.5. The highest BCUT2D eigenvalue weighted by molar-refractivity contribution is 8.01. The van der Waals surface area contributed by atoms with Gasteiger partial charge in [0.05, 0.1) is 0 Å². The molecule has 2 aromatic rings. The van der Waals surface area contributed by atoms with Crippen molar-refractivity contribution in [2.24, 2.45) is 5.16 Å². The van der Waals surface area contributed by atoms with Gasteiger partial charge in [-0.25, -0.2) is 9.67 Å². The fourth-order valence-electron chi connectivity index (χ4n) is 2.98. The van der Waals surface area contributed by atoms with Crippen molar-refractivity contribution in [3.05, 3.63) is 22.8 Å². The number of nitrogens with zero attached hydrogens (tertiary/aromatic N) is 7. The maximum absolute atomic E-state index is 12.7. The molecule has 2 aliphatic heterocycles. The van der Waals surface area contributed by atoms with Crippen LogP contribution < -0.4 is 11.1 Å². The number of β-lactam (4-membered cyclic amide) rings is 1. The lowest BCUT2D eigenvalue weighted by molar-refractivity contribution is -0.143. The van der Waals surface area contributed by atoms with Crippen LogP contribution in [0.1, 0.15) is 5.69 Å². The van der Waals surface area contributed by atoms with Gasteiger partial charge in [-0.15, -0.1) is 34.6 Å². The summed E-state index contributed by atoms with van der Waals surface area (Å²) < 4.78 is 1.54. The van der Waals surface area contributed by atoms with Gasteiger partial charge >= 0.3 is 0 Å². The number of rotatable bonds is 8. The van der Waals surface area contributed by atoms with Crippen molar-refractivity contribution in [3.8, 4) is 12.3 Å². The number of anilines is 1. The quantitative estimate of drug-likeness (QED) is 0.166. The van der Waals surface area contributed by atoms with Crippen LogP contribution in [-0.4, -0.2) is 77.6 Å². The van der Waals surface area contributed by atoms with Gasteiger partial charge in [-0.05, 0) is 16.0 Å². The van der Waals surface area contributed by atoms with Crippen LogP contribution in [0.4, 0.5) is 5.13 Å². The molecular formula is C17H17N9O3S3. The minimum absolute atomic E-state index is 0.0372. The molecule has 0 radical (unpaired) electrons. The van der Waals surface area contributed by atoms with Crippen LogP contribution in [0, 0.1) is 12.3 Å². The number of thioether (sulfide) groups is 2. The number of hydrogen-bond acceptors (Lipinski definition) is 12. The average Bonchev–Trinajstić information content (AvgIpc) is 3.42. The van der Waals surface area contributed by atoms with Crippen molar-refractivity contribution < 1.29 is 14.4 Å². The second-order valence-corrected chi connectivity index (χ2v) is 9.43. The highest BCUT2D eigenvalue weighted by atomic mass is 32.2. The van der Waals surface area contributed by atoms with E-state index in [9.17, 15) is 9.59 Å². The summed E-state index contributed by atoms with van der Waals surface area (Å²) in [6, 6.07) is -0.668. The molecule has 1 fully saturated rings. The predicted molar refractivity (Wildman–Crippen MR) is 121 cm³/mol. The number of nitrogen functional groups attached to an aromatic ring is 1. The Bertz CT molecular complexity index is 1140. The van der Waals surface area contributed by atoms with Gasteiger partial charge in [0, 0.05) is 23.1 Å².